The highest BCUT2D eigenvalue weighted by Gasteiger charge is 2.60. The van der Waals surface area contributed by atoms with Crippen molar-refractivity contribution in [2.24, 2.45) is 0 Å². The summed E-state index contributed by atoms with van der Waals surface area (Å²) in [6, 6.07) is 0. The van der Waals surface area contributed by atoms with Crippen molar-refractivity contribution in [3.05, 3.63) is 0 Å². The summed E-state index contributed by atoms with van der Waals surface area (Å²) in [4.78, 5) is 65.3. The Morgan fingerprint density at radius 2 is 1.17 bits per heavy atom. The highest BCUT2D eigenvalue weighted by atomic mass is 33.1. The van der Waals surface area contributed by atoms with Gasteiger partial charge in [0.1, 0.15) is 0 Å². The van der Waals surface area contributed by atoms with Crippen LogP contribution in [0.3, 0.4) is 0 Å². The molecule has 2 saturated heterocycles. The fraction of sp³-hybridized carbons (Fsp3) is 0.500. The van der Waals surface area contributed by atoms with Crippen molar-refractivity contribution in [3.8, 4) is 0 Å². The van der Waals surface area contributed by atoms with E-state index in [0.29, 0.717) is 21.6 Å². The molecule has 0 spiro atoms. The molecule has 0 aromatic carbocycles. The lowest BCUT2D eigenvalue weighted by molar-refractivity contribution is -0.163. The van der Waals surface area contributed by atoms with E-state index in [0.717, 1.165) is 14.2 Å². The Kier molecular flexibility index (Phi) is 4.90. The zero-order valence-electron chi connectivity index (χ0n) is 12.3. The standard InChI is InChI=1S/C12H10O10S2/c1-19-9(17)11(3-5(13)7(15)21-11)23-24-12(10(18)20-2)4-6(14)8(16)22-12/h3-4H2,1-2H3. The van der Waals surface area contributed by atoms with Gasteiger partial charge in [0, 0.05) is 0 Å². The van der Waals surface area contributed by atoms with E-state index < -0.39 is 58.2 Å². The second-order valence-electron chi connectivity index (χ2n) is 4.63. The lowest BCUT2D eigenvalue weighted by Crippen LogP contribution is -2.39. The normalized spacial score (nSPS) is 29.2. The van der Waals surface area contributed by atoms with Gasteiger partial charge in [-0.25, -0.2) is 19.2 Å². The largest absolute Gasteiger partial charge is 0.465 e. The lowest BCUT2D eigenvalue weighted by Gasteiger charge is -2.27. The van der Waals surface area contributed by atoms with Crippen LogP contribution in [0, 0.1) is 0 Å². The number of ketones is 2. The summed E-state index contributed by atoms with van der Waals surface area (Å²) in [7, 11) is 2.96. The Labute approximate surface area is 142 Å². The zero-order valence-corrected chi connectivity index (χ0v) is 13.9. The first-order chi connectivity index (χ1) is 11.2. The van der Waals surface area contributed by atoms with Crippen LogP contribution in [0.25, 0.3) is 0 Å². The Bertz CT molecular complexity index is 566. The topological polar surface area (TPSA) is 139 Å². The highest BCUT2D eigenvalue weighted by molar-refractivity contribution is 8.78. The second-order valence-corrected chi connectivity index (χ2v) is 7.29. The monoisotopic (exact) mass is 378 g/mol. The first-order valence-corrected chi connectivity index (χ1v) is 8.40. The number of Topliss-reactive ketones (excluding diaryl/α,β-unsaturated/α-hetero) is 2. The van der Waals surface area contributed by atoms with Crippen molar-refractivity contribution in [2.45, 2.75) is 22.7 Å². The Morgan fingerprint density at radius 1 is 0.833 bits per heavy atom. The van der Waals surface area contributed by atoms with E-state index in [-0.39, 0.29) is 0 Å². The molecule has 2 aliphatic rings. The first-order valence-electron chi connectivity index (χ1n) is 6.26. The van der Waals surface area contributed by atoms with E-state index in [1.807, 2.05) is 0 Å². The summed E-state index contributed by atoms with van der Waals surface area (Å²) < 4.78 is 18.6. The quantitative estimate of drug-likeness (QED) is 0.254. The maximum atomic E-state index is 11.9. The minimum absolute atomic E-state index is 0.464. The molecule has 0 radical (unpaired) electrons. The number of rotatable bonds is 5. The van der Waals surface area contributed by atoms with Crippen LogP contribution >= 0.6 is 21.6 Å². The van der Waals surface area contributed by atoms with Crippen molar-refractivity contribution >= 4 is 57.0 Å². The number of carbonyl (C=O) groups excluding carboxylic acids is 6. The van der Waals surface area contributed by atoms with Crippen LogP contribution in [0.4, 0.5) is 0 Å². The molecule has 12 heteroatoms. The second kappa shape index (κ2) is 6.43. The van der Waals surface area contributed by atoms with Crippen LogP contribution in [0.15, 0.2) is 0 Å². The summed E-state index contributed by atoms with van der Waals surface area (Å²) in [6.07, 6.45) is -1.26. The van der Waals surface area contributed by atoms with Crippen molar-refractivity contribution in [2.75, 3.05) is 14.2 Å². The molecule has 2 unspecified atom stereocenters. The maximum absolute atomic E-state index is 11.9. The van der Waals surface area contributed by atoms with Gasteiger partial charge >= 0.3 is 23.9 Å². The molecule has 0 aromatic rings. The van der Waals surface area contributed by atoms with Gasteiger partial charge in [0.15, 0.2) is 0 Å². The van der Waals surface area contributed by atoms with Crippen LogP contribution in [-0.2, 0) is 47.7 Å². The van der Waals surface area contributed by atoms with Crippen molar-refractivity contribution in [3.63, 3.8) is 0 Å². The fourth-order valence-corrected chi connectivity index (χ4v) is 4.83. The van der Waals surface area contributed by atoms with E-state index in [1.54, 1.807) is 0 Å². The molecule has 0 bridgehead atoms. The molecule has 10 nitrogen and oxygen atoms in total. The van der Waals surface area contributed by atoms with Gasteiger partial charge in [0.05, 0.1) is 27.1 Å². The van der Waals surface area contributed by atoms with Gasteiger partial charge < -0.3 is 18.9 Å². The molecule has 0 N–H and O–H groups in total. The third kappa shape index (κ3) is 2.98. The maximum Gasteiger partial charge on any atom is 0.376 e. The number of hydrogen-bond acceptors (Lipinski definition) is 12. The van der Waals surface area contributed by atoms with Crippen LogP contribution in [-0.4, -0.2) is 59.5 Å². The number of cyclic esters (lactones) is 2. The SMILES string of the molecule is COC(=O)C1(SSC2(C(=O)OC)CC(=O)C(=O)O2)CC(=O)C(=O)O1. The average molecular weight is 378 g/mol. The Hall–Kier alpha value is -2.08. The molecule has 2 rings (SSSR count). The third-order valence-corrected chi connectivity index (χ3v) is 6.34. The van der Waals surface area contributed by atoms with Gasteiger partial charge in [-0.2, -0.15) is 0 Å². The molecule has 2 aliphatic heterocycles. The predicted molar refractivity (Wildman–Crippen MR) is 76.1 cm³/mol. The van der Waals surface area contributed by atoms with Crippen molar-refractivity contribution < 1.29 is 47.7 Å². The summed E-state index contributed by atoms with van der Waals surface area (Å²) in [5.41, 5.74) is 0. The Balaban J connectivity index is 2.27. The highest BCUT2D eigenvalue weighted by Crippen LogP contribution is 2.52. The summed E-state index contributed by atoms with van der Waals surface area (Å²) >= 11 is 0. The van der Waals surface area contributed by atoms with Gasteiger partial charge in [-0.3, -0.25) is 9.59 Å². The van der Waals surface area contributed by atoms with Gasteiger partial charge in [-0.05, 0) is 21.6 Å². The van der Waals surface area contributed by atoms with E-state index in [4.69, 9.17) is 9.47 Å². The number of carbonyl (C=O) groups is 6. The molecule has 2 fully saturated rings. The molecule has 0 aromatic heterocycles. The third-order valence-electron chi connectivity index (χ3n) is 3.06. The smallest absolute Gasteiger partial charge is 0.376 e. The predicted octanol–water partition coefficient (Wildman–Crippen LogP) is -0.862. The number of esters is 4. The molecular weight excluding hydrogens is 368 g/mol. The lowest BCUT2D eigenvalue weighted by atomic mass is 10.2. The van der Waals surface area contributed by atoms with Gasteiger partial charge in [0.2, 0.25) is 11.6 Å². The number of methoxy groups -OCH3 is 2. The number of hydrogen-bond donors (Lipinski definition) is 0. The fourth-order valence-electron chi connectivity index (χ4n) is 1.89. The molecule has 24 heavy (non-hydrogen) atoms. The molecule has 0 aliphatic carbocycles. The average Bonchev–Trinajstić information content (AvgIpc) is 3.02. The molecule has 2 heterocycles. The molecular formula is C12H10O10S2. The minimum Gasteiger partial charge on any atom is -0.465 e. The minimum atomic E-state index is -2.05. The van der Waals surface area contributed by atoms with Gasteiger partial charge in [-0.1, -0.05) is 0 Å². The first kappa shape index (κ1) is 18.3. The van der Waals surface area contributed by atoms with Crippen LogP contribution in [0.5, 0.6) is 0 Å². The summed E-state index contributed by atoms with van der Waals surface area (Å²) in [6.45, 7) is 0. The van der Waals surface area contributed by atoms with Crippen LogP contribution < -0.4 is 0 Å². The van der Waals surface area contributed by atoms with E-state index >= 15 is 0 Å². The van der Waals surface area contributed by atoms with Crippen LogP contribution in [0.1, 0.15) is 12.8 Å². The molecule has 0 saturated carbocycles. The summed E-state index contributed by atoms with van der Waals surface area (Å²) in [5, 5.41) is 0. The summed E-state index contributed by atoms with van der Waals surface area (Å²) in [5.74, 6) is -6.48. The van der Waals surface area contributed by atoms with Crippen LogP contribution in [0.2, 0.25) is 0 Å². The van der Waals surface area contributed by atoms with E-state index in [2.05, 4.69) is 9.47 Å². The molecule has 130 valence electrons. The van der Waals surface area contributed by atoms with Crippen molar-refractivity contribution in [1.29, 1.82) is 0 Å². The number of ether oxygens (including phenoxy) is 4. The Morgan fingerprint density at radius 3 is 1.38 bits per heavy atom. The molecule has 0 amide bonds. The molecule has 2 atom stereocenters. The van der Waals surface area contributed by atoms with Gasteiger partial charge in [-0.15, -0.1) is 0 Å². The van der Waals surface area contributed by atoms with E-state index in [9.17, 15) is 28.8 Å². The van der Waals surface area contributed by atoms with E-state index in [1.165, 1.54) is 0 Å². The zero-order chi connectivity index (χ0) is 18.1. The van der Waals surface area contributed by atoms with Crippen molar-refractivity contribution in [1.82, 2.24) is 0 Å². The van der Waals surface area contributed by atoms with Gasteiger partial charge in [0.25, 0.3) is 9.87 Å².